The Morgan fingerprint density at radius 3 is 2.00 bits per heavy atom. The average molecular weight is 369 g/mol. The van der Waals surface area contributed by atoms with E-state index in [1.807, 2.05) is 4.90 Å². The molecule has 0 aliphatic carbocycles. The number of halogens is 3. The minimum atomic E-state index is -5.84. The van der Waals surface area contributed by atoms with Crippen molar-refractivity contribution in [2.45, 2.75) is 49.6 Å². The fourth-order valence-corrected chi connectivity index (χ4v) is 2.00. The van der Waals surface area contributed by atoms with Crippen molar-refractivity contribution < 1.29 is 46.6 Å². The third kappa shape index (κ3) is 6.87. The quantitative estimate of drug-likeness (QED) is 0.312. The molecular formula is C11H22F3NO7S. The molecule has 0 aromatic rings. The summed E-state index contributed by atoms with van der Waals surface area (Å²) in [5.41, 5.74) is -5.53. The van der Waals surface area contributed by atoms with E-state index >= 15 is 0 Å². The molecule has 1 aliphatic heterocycles. The van der Waals surface area contributed by atoms with Gasteiger partial charge in [-0.05, 0) is 13.0 Å². The number of unbranched alkanes of at least 4 members (excludes halogenated alkanes) is 1. The monoisotopic (exact) mass is 369 g/mol. The minimum Gasteiger partial charge on any atom is -0.395 e. The fourth-order valence-electron chi connectivity index (χ4n) is 2.00. The fraction of sp³-hybridized carbons (Fsp3) is 1.00. The lowest BCUT2D eigenvalue weighted by Gasteiger charge is -2.43. The van der Waals surface area contributed by atoms with Crippen LogP contribution in [-0.2, 0) is 10.1 Å². The van der Waals surface area contributed by atoms with Crippen LogP contribution in [0, 0.1) is 0 Å². The predicted octanol–water partition coefficient (Wildman–Crippen LogP) is -1.06. The summed E-state index contributed by atoms with van der Waals surface area (Å²) in [4.78, 5) is 1.84. The van der Waals surface area contributed by atoms with Crippen LogP contribution in [0.2, 0.25) is 0 Å². The number of β-amino-alcohol motifs (C(OH)–C–C–N with tert-alkyl or cyclic N) is 1. The van der Waals surface area contributed by atoms with Gasteiger partial charge in [0, 0.05) is 6.54 Å². The summed E-state index contributed by atoms with van der Waals surface area (Å²) in [7, 11) is -5.84. The highest BCUT2D eigenvalue weighted by Crippen LogP contribution is 2.20. The van der Waals surface area contributed by atoms with E-state index in [1.165, 1.54) is 0 Å². The molecule has 23 heavy (non-hydrogen) atoms. The second-order valence-corrected chi connectivity index (χ2v) is 6.48. The molecule has 12 heteroatoms. The van der Waals surface area contributed by atoms with Gasteiger partial charge in [0.1, 0.15) is 12.2 Å². The lowest BCUT2D eigenvalue weighted by molar-refractivity contribution is -0.145. The van der Waals surface area contributed by atoms with Gasteiger partial charge in [0.2, 0.25) is 0 Å². The van der Waals surface area contributed by atoms with Gasteiger partial charge in [-0.15, -0.1) is 0 Å². The van der Waals surface area contributed by atoms with Crippen molar-refractivity contribution in [1.82, 2.24) is 4.90 Å². The van der Waals surface area contributed by atoms with E-state index in [9.17, 15) is 28.5 Å². The maximum Gasteiger partial charge on any atom is 0.522 e. The second-order valence-electron chi connectivity index (χ2n) is 5.07. The van der Waals surface area contributed by atoms with E-state index < -0.39 is 40.0 Å². The Morgan fingerprint density at radius 1 is 1.17 bits per heavy atom. The maximum atomic E-state index is 10.7. The number of alkyl halides is 3. The Labute approximate surface area is 131 Å². The molecule has 140 valence electrons. The van der Waals surface area contributed by atoms with Crippen LogP contribution in [0.5, 0.6) is 0 Å². The third-order valence-corrected chi connectivity index (χ3v) is 3.89. The second kappa shape index (κ2) is 9.11. The molecule has 1 heterocycles. The number of aliphatic hydroxyl groups is 4. The normalized spacial score (nSPS) is 29.8. The van der Waals surface area contributed by atoms with Gasteiger partial charge in [0.25, 0.3) is 0 Å². The Bertz CT molecular complexity index is 445. The molecule has 0 spiro atoms. The predicted molar refractivity (Wildman–Crippen MR) is 73.0 cm³/mol. The van der Waals surface area contributed by atoms with Gasteiger partial charge in [0.15, 0.2) is 0 Å². The molecule has 0 amide bonds. The number of rotatable bonds is 4. The van der Waals surface area contributed by atoms with Crippen molar-refractivity contribution in [3.63, 3.8) is 0 Å². The van der Waals surface area contributed by atoms with Gasteiger partial charge in [-0.2, -0.15) is 21.6 Å². The largest absolute Gasteiger partial charge is 0.522 e. The Balaban J connectivity index is 0.000000515. The highest BCUT2D eigenvalue weighted by molar-refractivity contribution is 7.86. The molecule has 0 radical (unpaired) electrons. The summed E-state index contributed by atoms with van der Waals surface area (Å²) in [6.45, 7) is 2.89. The first-order valence-electron chi connectivity index (χ1n) is 6.79. The maximum absolute atomic E-state index is 10.7. The zero-order chi connectivity index (χ0) is 18.4. The van der Waals surface area contributed by atoms with E-state index in [4.69, 9.17) is 18.1 Å². The standard InChI is InChI=1S/C10H21NO4.CHF3O3S/c1-2-3-4-11-5-8(13)10(15)9(14)7(11)6-12;2-1(3,4)8(5,6)7/h7-10,12-15H,2-6H2,1H3;(H,5,6,7)/t7-,8-,9+,10+;/m0./s1. The minimum absolute atomic E-state index is 0.200. The number of hydrogen-bond acceptors (Lipinski definition) is 7. The van der Waals surface area contributed by atoms with E-state index in [1.54, 1.807) is 0 Å². The molecule has 0 saturated carbocycles. The Morgan fingerprint density at radius 2 is 1.65 bits per heavy atom. The van der Waals surface area contributed by atoms with Crippen molar-refractivity contribution in [2.24, 2.45) is 0 Å². The highest BCUT2D eigenvalue weighted by Gasteiger charge is 2.44. The van der Waals surface area contributed by atoms with Gasteiger partial charge in [-0.3, -0.25) is 9.45 Å². The van der Waals surface area contributed by atoms with Crippen LogP contribution in [0.4, 0.5) is 13.2 Å². The number of aliphatic hydroxyl groups excluding tert-OH is 4. The molecule has 1 aliphatic rings. The number of likely N-dealkylation sites (tertiary alicyclic amines) is 1. The Kier molecular flexibility index (Phi) is 8.91. The van der Waals surface area contributed by atoms with Crippen molar-refractivity contribution in [1.29, 1.82) is 0 Å². The lowest BCUT2D eigenvalue weighted by Crippen LogP contribution is -2.62. The zero-order valence-electron chi connectivity index (χ0n) is 12.4. The SMILES string of the molecule is CCCCN1C[C@H](O)[C@@H](O)[C@H](O)[C@@H]1CO.O=S(=O)(O)C(F)(F)F. The molecule has 8 nitrogen and oxygen atoms in total. The van der Waals surface area contributed by atoms with Crippen molar-refractivity contribution in [2.75, 3.05) is 19.7 Å². The number of hydrogen-bond donors (Lipinski definition) is 5. The van der Waals surface area contributed by atoms with Crippen LogP contribution < -0.4 is 0 Å². The summed E-state index contributed by atoms with van der Waals surface area (Å²) in [6, 6.07) is -0.463. The van der Waals surface area contributed by atoms with Crippen LogP contribution in [0.15, 0.2) is 0 Å². The number of nitrogens with zero attached hydrogens (tertiary/aromatic N) is 1. The molecule has 4 atom stereocenters. The number of piperidine rings is 1. The molecular weight excluding hydrogens is 347 g/mol. The first-order chi connectivity index (χ1) is 10.4. The smallest absolute Gasteiger partial charge is 0.395 e. The van der Waals surface area contributed by atoms with Crippen LogP contribution in [-0.4, -0.2) is 87.9 Å². The molecule has 0 unspecified atom stereocenters. The zero-order valence-corrected chi connectivity index (χ0v) is 13.2. The summed E-state index contributed by atoms with van der Waals surface area (Å²) in [5, 5.41) is 37.8. The van der Waals surface area contributed by atoms with Gasteiger partial charge in [-0.1, -0.05) is 13.3 Å². The van der Waals surface area contributed by atoms with Crippen molar-refractivity contribution in [3.05, 3.63) is 0 Å². The van der Waals surface area contributed by atoms with E-state index in [-0.39, 0.29) is 6.61 Å². The highest BCUT2D eigenvalue weighted by atomic mass is 32.2. The first-order valence-corrected chi connectivity index (χ1v) is 8.23. The van der Waals surface area contributed by atoms with Crippen molar-refractivity contribution in [3.8, 4) is 0 Å². The summed E-state index contributed by atoms with van der Waals surface area (Å²) >= 11 is 0. The van der Waals surface area contributed by atoms with Crippen LogP contribution in [0.25, 0.3) is 0 Å². The van der Waals surface area contributed by atoms with Crippen LogP contribution >= 0.6 is 0 Å². The molecule has 5 N–H and O–H groups in total. The molecule has 0 aromatic carbocycles. The van der Waals surface area contributed by atoms with Gasteiger partial charge >= 0.3 is 15.6 Å². The van der Waals surface area contributed by atoms with Crippen LogP contribution in [0.3, 0.4) is 0 Å². The summed E-state index contributed by atoms with van der Waals surface area (Å²) in [5.74, 6) is 0. The third-order valence-electron chi connectivity index (χ3n) is 3.31. The molecule has 0 bridgehead atoms. The van der Waals surface area contributed by atoms with E-state index in [2.05, 4.69) is 6.92 Å². The average Bonchev–Trinajstić information content (AvgIpc) is 2.41. The van der Waals surface area contributed by atoms with Crippen LogP contribution in [0.1, 0.15) is 19.8 Å². The first kappa shape index (κ1) is 22.5. The van der Waals surface area contributed by atoms with Crippen molar-refractivity contribution >= 4 is 10.1 Å². The Hall–Kier alpha value is -0.500. The van der Waals surface area contributed by atoms with Gasteiger partial charge in [-0.25, -0.2) is 0 Å². The summed E-state index contributed by atoms with van der Waals surface area (Å²) in [6.07, 6.45) is -1.19. The molecule has 1 saturated heterocycles. The van der Waals surface area contributed by atoms with E-state index in [0.717, 1.165) is 19.4 Å². The van der Waals surface area contributed by atoms with Gasteiger partial charge in [0.05, 0.1) is 18.8 Å². The van der Waals surface area contributed by atoms with Gasteiger partial charge < -0.3 is 20.4 Å². The lowest BCUT2D eigenvalue weighted by atomic mass is 9.94. The topological polar surface area (TPSA) is 139 Å². The summed E-state index contributed by atoms with van der Waals surface area (Å²) < 4.78 is 57.5. The molecule has 0 aromatic heterocycles. The van der Waals surface area contributed by atoms with E-state index in [0.29, 0.717) is 6.54 Å². The molecule has 1 fully saturated rings. The molecule has 1 rings (SSSR count).